The number of phenolic OH excluding ortho intramolecular Hbond substituents is 1. The molecule has 8 rings (SSSR count). The summed E-state index contributed by atoms with van der Waals surface area (Å²) in [6.07, 6.45) is 4.48. The Morgan fingerprint density at radius 2 is 1.64 bits per heavy atom. The number of hydrogen-bond acceptors (Lipinski definition) is 10. The fourth-order valence-electron chi connectivity index (χ4n) is 8.62. The van der Waals surface area contributed by atoms with Crippen molar-refractivity contribution in [1.29, 1.82) is 0 Å². The van der Waals surface area contributed by atoms with Crippen molar-refractivity contribution in [3.8, 4) is 17.2 Å². The number of anilines is 2. The number of nitrogens with one attached hydrogen (secondary N) is 2. The molecule has 3 amide bonds. The van der Waals surface area contributed by atoms with E-state index in [2.05, 4.69) is 72.8 Å². The molecule has 4 aromatic rings. The number of benzene rings is 3. The number of rotatable bonds is 9. The summed E-state index contributed by atoms with van der Waals surface area (Å²) in [7, 11) is 1.75. The number of methoxy groups -OCH3 is 1. The first-order chi connectivity index (χ1) is 26.8. The Morgan fingerprint density at radius 1 is 0.891 bits per heavy atom. The number of piperidine rings is 2. The Balaban J connectivity index is 0.847. The van der Waals surface area contributed by atoms with E-state index < -0.39 is 17.9 Å². The number of ether oxygens (including phenoxy) is 2. The predicted octanol–water partition coefficient (Wildman–Crippen LogP) is 4.68. The minimum Gasteiger partial charge on any atom is -0.508 e. The number of piperazine rings is 1. The summed E-state index contributed by atoms with van der Waals surface area (Å²) in [5.74, 6) is 1.30. The maximum Gasteiger partial charge on any atom is 0.270 e. The Bertz CT molecular complexity index is 2010. The standard InChI is InChI=1S/C43H48N6O6/c1-54-38-23-30(7-10-33(38)41-34-11-9-32(50)24-39(34)55-27-35(41)29-5-3-2-4-6-29)48-17-15-28(16-18-48)26-47-19-21-49(22-20-47)31-8-12-36(44-25-31)42(52)45-37-13-14-40(51)46-43(37)53/h2-12,23-25,28,35,37,41,50H,13-22,26-27H2,1H3,(H,45,52)(H,46,51,53)/t35-,37?,41-/m0/s1. The van der Waals surface area contributed by atoms with Crippen LogP contribution in [0.3, 0.4) is 0 Å². The third-order valence-corrected chi connectivity index (χ3v) is 11.7. The molecule has 3 aromatic carbocycles. The van der Waals surface area contributed by atoms with Crippen LogP contribution in [0.15, 0.2) is 85.1 Å². The second-order valence-corrected chi connectivity index (χ2v) is 15.1. The van der Waals surface area contributed by atoms with E-state index in [-0.39, 0.29) is 35.6 Å². The van der Waals surface area contributed by atoms with Crippen molar-refractivity contribution >= 4 is 29.1 Å². The molecule has 286 valence electrons. The highest BCUT2D eigenvalue weighted by atomic mass is 16.5. The Kier molecular flexibility index (Phi) is 10.6. The van der Waals surface area contributed by atoms with Crippen LogP contribution in [0.25, 0.3) is 0 Å². The molecule has 1 aromatic heterocycles. The van der Waals surface area contributed by atoms with Crippen molar-refractivity contribution in [2.45, 2.75) is 43.6 Å². The van der Waals surface area contributed by atoms with Crippen molar-refractivity contribution in [3.05, 3.63) is 107 Å². The minimum absolute atomic E-state index is 0.0101. The number of aromatic hydroxyl groups is 1. The van der Waals surface area contributed by atoms with Crippen LogP contribution in [0.2, 0.25) is 0 Å². The maximum absolute atomic E-state index is 12.7. The molecule has 1 unspecified atom stereocenters. The Morgan fingerprint density at radius 3 is 2.36 bits per heavy atom. The molecule has 4 aliphatic heterocycles. The topological polar surface area (TPSA) is 137 Å². The third kappa shape index (κ3) is 7.95. The van der Waals surface area contributed by atoms with Gasteiger partial charge in [0, 0.05) is 93.0 Å². The lowest BCUT2D eigenvalue weighted by Crippen LogP contribution is -2.52. The molecule has 0 bridgehead atoms. The number of phenols is 1. The summed E-state index contributed by atoms with van der Waals surface area (Å²) in [6, 6.07) is 25.5. The van der Waals surface area contributed by atoms with Gasteiger partial charge in [0.05, 0.1) is 25.6 Å². The van der Waals surface area contributed by atoms with Crippen molar-refractivity contribution in [3.63, 3.8) is 0 Å². The maximum atomic E-state index is 12.7. The van der Waals surface area contributed by atoms with E-state index in [9.17, 15) is 19.5 Å². The van der Waals surface area contributed by atoms with Gasteiger partial charge in [-0.2, -0.15) is 0 Å². The average molecular weight is 745 g/mol. The van der Waals surface area contributed by atoms with Gasteiger partial charge in [-0.15, -0.1) is 0 Å². The smallest absolute Gasteiger partial charge is 0.270 e. The van der Waals surface area contributed by atoms with Crippen LogP contribution >= 0.6 is 0 Å². The van der Waals surface area contributed by atoms with E-state index in [1.807, 2.05) is 18.2 Å². The van der Waals surface area contributed by atoms with Crippen LogP contribution in [0.1, 0.15) is 64.7 Å². The van der Waals surface area contributed by atoms with Crippen LogP contribution in [0.4, 0.5) is 11.4 Å². The van der Waals surface area contributed by atoms with Gasteiger partial charge in [-0.25, -0.2) is 4.98 Å². The molecule has 12 nitrogen and oxygen atoms in total. The van der Waals surface area contributed by atoms with Crippen molar-refractivity contribution in [2.75, 3.05) is 69.3 Å². The zero-order chi connectivity index (χ0) is 37.9. The summed E-state index contributed by atoms with van der Waals surface area (Å²) >= 11 is 0. The van der Waals surface area contributed by atoms with Gasteiger partial charge in [-0.3, -0.25) is 24.6 Å². The number of carbonyl (C=O) groups excluding carboxylic acids is 3. The molecule has 0 spiro atoms. The average Bonchev–Trinajstić information content (AvgIpc) is 3.22. The lowest BCUT2D eigenvalue weighted by molar-refractivity contribution is -0.134. The van der Waals surface area contributed by atoms with E-state index in [0.717, 1.165) is 81.2 Å². The van der Waals surface area contributed by atoms with Gasteiger partial charge >= 0.3 is 0 Å². The molecule has 5 heterocycles. The SMILES string of the molecule is COc1cc(N2CCC(CN3CCN(c4ccc(C(=O)NC5CCC(=O)NC5=O)nc4)CC3)CC2)ccc1[C@H]1c2ccc(O)cc2OC[C@H]1c1ccccc1. The predicted molar refractivity (Wildman–Crippen MR) is 209 cm³/mol. The first-order valence-electron chi connectivity index (χ1n) is 19.3. The second-order valence-electron chi connectivity index (χ2n) is 15.1. The summed E-state index contributed by atoms with van der Waals surface area (Å²) in [5, 5.41) is 15.1. The monoisotopic (exact) mass is 744 g/mol. The summed E-state index contributed by atoms with van der Waals surface area (Å²) in [4.78, 5) is 47.8. The Hall–Kier alpha value is -5.62. The molecule has 3 fully saturated rings. The number of aromatic nitrogens is 1. The molecule has 3 saturated heterocycles. The summed E-state index contributed by atoms with van der Waals surface area (Å²) < 4.78 is 12.3. The van der Waals surface area contributed by atoms with E-state index in [4.69, 9.17) is 9.47 Å². The first kappa shape index (κ1) is 36.4. The van der Waals surface area contributed by atoms with Crippen LogP contribution in [-0.2, 0) is 9.59 Å². The van der Waals surface area contributed by atoms with E-state index in [0.29, 0.717) is 24.7 Å². The Labute approximate surface area is 321 Å². The number of amides is 3. The zero-order valence-corrected chi connectivity index (χ0v) is 31.2. The third-order valence-electron chi connectivity index (χ3n) is 11.7. The molecular formula is C43H48N6O6. The number of hydrogen-bond donors (Lipinski definition) is 3. The largest absolute Gasteiger partial charge is 0.508 e. The normalized spacial score (nSPS) is 22.0. The van der Waals surface area contributed by atoms with E-state index >= 15 is 0 Å². The van der Waals surface area contributed by atoms with Crippen molar-refractivity contribution in [2.24, 2.45) is 5.92 Å². The minimum atomic E-state index is -0.726. The van der Waals surface area contributed by atoms with E-state index in [1.165, 1.54) is 11.3 Å². The lowest BCUT2D eigenvalue weighted by atomic mass is 9.75. The fraction of sp³-hybridized carbons (Fsp3) is 0.395. The van der Waals surface area contributed by atoms with Gasteiger partial charge in [0.1, 0.15) is 29.0 Å². The lowest BCUT2D eigenvalue weighted by Gasteiger charge is -2.40. The molecule has 55 heavy (non-hydrogen) atoms. The van der Waals surface area contributed by atoms with Crippen LogP contribution in [0, 0.1) is 5.92 Å². The first-order valence-corrected chi connectivity index (χ1v) is 19.3. The number of imide groups is 1. The molecule has 12 heteroatoms. The highest BCUT2D eigenvalue weighted by Gasteiger charge is 2.36. The van der Waals surface area contributed by atoms with E-state index in [1.54, 1.807) is 31.5 Å². The molecule has 3 atom stereocenters. The quantitative estimate of drug-likeness (QED) is 0.208. The van der Waals surface area contributed by atoms with Crippen LogP contribution < -0.4 is 29.9 Å². The zero-order valence-electron chi connectivity index (χ0n) is 31.2. The molecule has 4 aliphatic rings. The van der Waals surface area contributed by atoms with Crippen molar-refractivity contribution < 1.29 is 29.0 Å². The van der Waals surface area contributed by atoms with Crippen LogP contribution in [0.5, 0.6) is 17.2 Å². The van der Waals surface area contributed by atoms with Gasteiger partial charge in [0.2, 0.25) is 11.8 Å². The van der Waals surface area contributed by atoms with Gasteiger partial charge in [0.25, 0.3) is 5.91 Å². The van der Waals surface area contributed by atoms with Gasteiger partial charge in [-0.1, -0.05) is 42.5 Å². The van der Waals surface area contributed by atoms with Gasteiger partial charge in [-0.05, 0) is 55.0 Å². The summed E-state index contributed by atoms with van der Waals surface area (Å²) in [5.41, 5.74) is 5.77. The number of carbonyl (C=O) groups is 3. The number of nitrogens with zero attached hydrogens (tertiary/aromatic N) is 4. The molecule has 0 radical (unpaired) electrons. The fourth-order valence-corrected chi connectivity index (χ4v) is 8.62. The second kappa shape index (κ2) is 16.0. The molecule has 0 saturated carbocycles. The van der Waals surface area contributed by atoms with Crippen LogP contribution in [-0.4, -0.2) is 98.3 Å². The molecule has 0 aliphatic carbocycles. The highest BCUT2D eigenvalue weighted by molar-refractivity contribution is 6.03. The highest BCUT2D eigenvalue weighted by Crippen LogP contribution is 2.49. The molecule has 3 N–H and O–H groups in total. The molecular weight excluding hydrogens is 697 g/mol. The summed E-state index contributed by atoms with van der Waals surface area (Å²) in [6.45, 7) is 7.30. The van der Waals surface area contributed by atoms with Gasteiger partial charge in [0.15, 0.2) is 0 Å². The number of pyridine rings is 1. The number of fused-ring (bicyclic) bond motifs is 1. The van der Waals surface area contributed by atoms with Gasteiger partial charge < -0.3 is 29.7 Å². The van der Waals surface area contributed by atoms with Crippen molar-refractivity contribution in [1.82, 2.24) is 20.5 Å².